The smallest absolute Gasteiger partial charge is 0.248 e. The van der Waals surface area contributed by atoms with E-state index in [1.54, 1.807) is 17.3 Å². The molecule has 2 amide bonds. The number of anilines is 8. The van der Waals surface area contributed by atoms with E-state index >= 15 is 0 Å². The number of ether oxygens (including phenoxy) is 1. The number of carbonyl (C=O) groups is 2. The summed E-state index contributed by atoms with van der Waals surface area (Å²) < 4.78 is 15.8. The minimum Gasteiger partial charge on any atom is -0.444 e. The van der Waals surface area contributed by atoms with Crippen LogP contribution in [0.15, 0.2) is 143 Å². The Kier molecular flexibility index (Phi) is 16.7. The number of likely N-dealkylation sites (N-methyl/N-ethyl adjacent to an activating group) is 1. The van der Waals surface area contributed by atoms with E-state index in [4.69, 9.17) is 33.5 Å². The molecular formula is C55H59N13O7. The van der Waals surface area contributed by atoms with Crippen LogP contribution in [0.1, 0.15) is 22.5 Å². The molecule has 0 saturated heterocycles. The van der Waals surface area contributed by atoms with Crippen molar-refractivity contribution in [2.24, 2.45) is 0 Å². The van der Waals surface area contributed by atoms with Crippen molar-refractivity contribution in [1.29, 1.82) is 0 Å². The molecule has 386 valence electrons. The van der Waals surface area contributed by atoms with E-state index in [2.05, 4.69) is 20.6 Å². The number of fused-ring (bicyclic) bond motifs is 2. The number of aromatic nitrogens is 6. The molecule has 4 aromatic carbocycles. The number of benzene rings is 4. The van der Waals surface area contributed by atoms with Gasteiger partial charge in [-0.1, -0.05) is 36.4 Å². The van der Waals surface area contributed by atoms with Crippen LogP contribution >= 0.6 is 0 Å². The summed E-state index contributed by atoms with van der Waals surface area (Å²) in [5, 5.41) is 26.5. The minimum atomic E-state index is -0.0819. The Balaban J connectivity index is 0.000000184. The average Bonchev–Trinajstić information content (AvgIpc) is 4.19. The Morgan fingerprint density at radius 3 is 1.44 bits per heavy atom. The monoisotopic (exact) mass is 1010 g/mol. The van der Waals surface area contributed by atoms with Crippen molar-refractivity contribution in [3.63, 3.8) is 0 Å². The Morgan fingerprint density at radius 1 is 0.613 bits per heavy atom. The molecule has 0 spiro atoms. The van der Waals surface area contributed by atoms with Crippen LogP contribution in [0.3, 0.4) is 0 Å². The fourth-order valence-corrected chi connectivity index (χ4v) is 8.90. The quantitative estimate of drug-likeness (QED) is 0.0679. The molecule has 0 atom stereocenters. The molecule has 0 fully saturated rings. The predicted octanol–water partition coefficient (Wildman–Crippen LogP) is 6.99. The second-order valence-corrected chi connectivity index (χ2v) is 18.0. The van der Waals surface area contributed by atoms with Gasteiger partial charge >= 0.3 is 0 Å². The number of rotatable bonds is 18. The lowest BCUT2D eigenvalue weighted by atomic mass is 10.0. The maximum atomic E-state index is 12.9. The molecule has 20 heteroatoms. The SMILES string of the molecule is CN(C)CC(=O)N1CCc2nc(Nc3ccc(-c4cnco4)cc3)nc(N(CCO)c3ccccc3)c2C1.COCC(=O)N1CCc2nc(Nc3ccc(-c4cnco4)cc3)nc(N(CCO)c3ccccc3)c2C1. The molecule has 0 aliphatic carbocycles. The van der Waals surface area contributed by atoms with Crippen molar-refractivity contribution in [1.82, 2.24) is 44.6 Å². The Bertz CT molecular complexity index is 3110. The first-order valence-corrected chi connectivity index (χ1v) is 24.6. The molecule has 4 aromatic heterocycles. The number of oxazole rings is 2. The average molecular weight is 1010 g/mol. The summed E-state index contributed by atoms with van der Waals surface area (Å²) in [4.78, 5) is 62.3. The van der Waals surface area contributed by atoms with Crippen LogP contribution in [-0.2, 0) is 40.3 Å². The number of amides is 2. The molecule has 0 unspecified atom stereocenters. The largest absolute Gasteiger partial charge is 0.444 e. The minimum absolute atomic E-state index is 0.0221. The molecule has 75 heavy (non-hydrogen) atoms. The number of para-hydroxylation sites is 2. The van der Waals surface area contributed by atoms with Gasteiger partial charge in [-0.25, -0.2) is 19.9 Å². The van der Waals surface area contributed by atoms with Gasteiger partial charge < -0.3 is 58.9 Å². The van der Waals surface area contributed by atoms with Gasteiger partial charge in [-0.2, -0.15) is 9.97 Å². The first-order valence-electron chi connectivity index (χ1n) is 24.6. The van der Waals surface area contributed by atoms with E-state index in [0.29, 0.717) is 93.7 Å². The van der Waals surface area contributed by atoms with Crippen molar-refractivity contribution in [2.45, 2.75) is 25.9 Å². The zero-order valence-corrected chi connectivity index (χ0v) is 42.0. The lowest BCUT2D eigenvalue weighted by Gasteiger charge is -2.33. The van der Waals surface area contributed by atoms with Crippen molar-refractivity contribution in [3.05, 3.63) is 157 Å². The molecular weight excluding hydrogens is 955 g/mol. The van der Waals surface area contributed by atoms with Crippen LogP contribution < -0.4 is 20.4 Å². The van der Waals surface area contributed by atoms with E-state index < -0.39 is 0 Å². The Hall–Kier alpha value is -8.56. The number of nitrogens with one attached hydrogen (secondary N) is 2. The van der Waals surface area contributed by atoms with Crippen LogP contribution in [0.5, 0.6) is 0 Å². The highest BCUT2D eigenvalue weighted by atomic mass is 16.5. The number of carbonyl (C=O) groups excluding carboxylic acids is 2. The molecule has 4 N–H and O–H groups in total. The highest BCUT2D eigenvalue weighted by molar-refractivity contribution is 5.80. The van der Waals surface area contributed by atoms with E-state index in [0.717, 1.165) is 56.4 Å². The topological polar surface area (TPSA) is 228 Å². The Morgan fingerprint density at radius 2 is 1.05 bits per heavy atom. The van der Waals surface area contributed by atoms with Gasteiger partial charge in [0.05, 0.1) is 56.6 Å². The van der Waals surface area contributed by atoms with Crippen molar-refractivity contribution in [3.8, 4) is 22.6 Å². The lowest BCUT2D eigenvalue weighted by Crippen LogP contribution is -2.42. The molecule has 0 bridgehead atoms. The lowest BCUT2D eigenvalue weighted by molar-refractivity contribution is -0.136. The summed E-state index contributed by atoms with van der Waals surface area (Å²) in [7, 11) is 5.29. The van der Waals surface area contributed by atoms with Crippen molar-refractivity contribution in [2.75, 3.05) is 94.2 Å². The first kappa shape index (κ1) is 51.3. The summed E-state index contributed by atoms with van der Waals surface area (Å²) in [5.41, 5.74) is 8.78. The molecule has 10 rings (SSSR count). The van der Waals surface area contributed by atoms with Crippen molar-refractivity contribution >= 4 is 58.1 Å². The molecule has 2 aliphatic heterocycles. The normalized spacial score (nSPS) is 12.8. The second kappa shape index (κ2) is 24.4. The predicted molar refractivity (Wildman–Crippen MR) is 284 cm³/mol. The van der Waals surface area contributed by atoms with E-state index in [1.165, 1.54) is 19.9 Å². The maximum absolute atomic E-state index is 12.9. The molecule has 0 saturated carbocycles. The number of hydrogen-bond donors (Lipinski definition) is 4. The third-order valence-electron chi connectivity index (χ3n) is 12.5. The fraction of sp³-hybridized carbons (Fsp3) is 0.273. The third-order valence-corrected chi connectivity index (χ3v) is 12.5. The van der Waals surface area contributed by atoms with Crippen LogP contribution in [0.2, 0.25) is 0 Å². The number of hydrogen-bond acceptors (Lipinski definition) is 18. The van der Waals surface area contributed by atoms with Gasteiger partial charge in [0.25, 0.3) is 0 Å². The summed E-state index contributed by atoms with van der Waals surface area (Å²) in [6, 6.07) is 35.1. The van der Waals surface area contributed by atoms with Gasteiger partial charge in [0, 0.05) is 91.1 Å². The van der Waals surface area contributed by atoms with Gasteiger partial charge in [-0.3, -0.25) is 9.59 Å². The molecule has 0 radical (unpaired) electrons. The van der Waals surface area contributed by atoms with Crippen LogP contribution in [0.25, 0.3) is 22.6 Å². The van der Waals surface area contributed by atoms with Gasteiger partial charge in [-0.15, -0.1) is 0 Å². The number of aliphatic hydroxyl groups is 2. The summed E-state index contributed by atoms with van der Waals surface area (Å²) in [5.74, 6) is 3.60. The van der Waals surface area contributed by atoms with Crippen molar-refractivity contribution < 1.29 is 33.4 Å². The molecule has 2 aliphatic rings. The van der Waals surface area contributed by atoms with Crippen LogP contribution in [0.4, 0.5) is 46.3 Å². The number of methoxy groups -OCH3 is 1. The highest BCUT2D eigenvalue weighted by Gasteiger charge is 2.30. The zero-order valence-electron chi connectivity index (χ0n) is 42.0. The Labute approximate surface area is 434 Å². The third kappa shape index (κ3) is 12.6. The van der Waals surface area contributed by atoms with E-state index in [-0.39, 0.29) is 31.6 Å². The van der Waals surface area contributed by atoms with Gasteiger partial charge in [0.1, 0.15) is 18.2 Å². The number of aliphatic hydroxyl groups excluding tert-OH is 2. The van der Waals surface area contributed by atoms with E-state index in [1.807, 2.05) is 143 Å². The van der Waals surface area contributed by atoms with E-state index in [9.17, 15) is 19.8 Å². The fourth-order valence-electron chi connectivity index (χ4n) is 8.90. The van der Waals surface area contributed by atoms with Gasteiger partial charge in [0.2, 0.25) is 23.7 Å². The summed E-state index contributed by atoms with van der Waals surface area (Å²) >= 11 is 0. The zero-order chi connectivity index (χ0) is 52.1. The first-order chi connectivity index (χ1) is 36.7. The summed E-state index contributed by atoms with van der Waals surface area (Å²) in [6.45, 7) is 2.85. The second-order valence-electron chi connectivity index (χ2n) is 18.0. The molecule has 8 aromatic rings. The molecule has 20 nitrogen and oxygen atoms in total. The van der Waals surface area contributed by atoms with Gasteiger partial charge in [0.15, 0.2) is 24.3 Å². The highest BCUT2D eigenvalue weighted by Crippen LogP contribution is 2.36. The van der Waals surface area contributed by atoms with Crippen LogP contribution in [-0.4, -0.2) is 140 Å². The molecule has 6 heterocycles. The standard InChI is InChI=1S/C28H31N7O3.C27H28N6O4/c1-33(2)18-26(37)34-13-12-24-23(17-34)27(35(14-15-36)22-6-4-3-5-7-22)32-28(31-24)30-21-10-8-20(9-11-21)25-16-29-19-38-25;1-36-17-25(35)32-12-11-23-22(16-32)26(33(13-14-34)21-5-3-2-4-6-21)31-27(30-23)29-20-9-7-19(8-10-20)24-15-28-18-37-24/h3-11,16,19,36H,12-15,17-18H2,1-2H3,(H,30,31,32);2-10,15,18,34H,11-14,16-17H2,1H3,(H,29,30,31). The van der Waals surface area contributed by atoms with Gasteiger partial charge in [-0.05, 0) is 86.9 Å². The summed E-state index contributed by atoms with van der Waals surface area (Å²) in [6.07, 6.45) is 7.35. The van der Waals surface area contributed by atoms with Crippen LogP contribution in [0, 0.1) is 0 Å². The maximum Gasteiger partial charge on any atom is 0.248 e. The number of nitrogens with zero attached hydrogens (tertiary/aromatic N) is 11.